The molecule has 0 unspecified atom stereocenters. The van der Waals surface area contributed by atoms with Gasteiger partial charge in [-0.3, -0.25) is 14.5 Å². The van der Waals surface area contributed by atoms with Crippen LogP contribution in [0.1, 0.15) is 5.69 Å². The highest BCUT2D eigenvalue weighted by molar-refractivity contribution is 5.51. The smallest absolute Gasteiger partial charge is 0.271 e. The quantitative estimate of drug-likeness (QED) is 0.580. The average molecular weight is 269 g/mol. The van der Waals surface area contributed by atoms with E-state index in [0.29, 0.717) is 18.0 Å². The molecule has 1 N–H and O–H groups in total. The third-order valence-corrected chi connectivity index (χ3v) is 2.82. The predicted molar refractivity (Wildman–Crippen MR) is 73.4 cm³/mol. The Morgan fingerprint density at radius 1 is 1.35 bits per heavy atom. The summed E-state index contributed by atoms with van der Waals surface area (Å²) < 4.78 is 1.82. The summed E-state index contributed by atoms with van der Waals surface area (Å²) in [5.74, 6) is 0.628. The number of hydrogen-bond acceptors (Lipinski definition) is 5. The van der Waals surface area contributed by atoms with Gasteiger partial charge in [-0.05, 0) is 12.1 Å². The van der Waals surface area contributed by atoms with Gasteiger partial charge in [-0.15, -0.1) is 0 Å². The van der Waals surface area contributed by atoms with Crippen LogP contribution in [0.4, 0.5) is 11.4 Å². The van der Waals surface area contributed by atoms with E-state index in [1.165, 1.54) is 12.1 Å². The Hall–Kier alpha value is -2.96. The van der Waals surface area contributed by atoms with E-state index in [4.69, 9.17) is 0 Å². The van der Waals surface area contributed by atoms with Crippen molar-refractivity contribution in [1.29, 1.82) is 0 Å². The van der Waals surface area contributed by atoms with Gasteiger partial charge in [-0.25, -0.2) is 9.97 Å². The monoisotopic (exact) mass is 269 g/mol. The number of nitro benzene ring substituents is 1. The van der Waals surface area contributed by atoms with E-state index in [-0.39, 0.29) is 5.69 Å². The Bertz CT molecular complexity index is 735. The van der Waals surface area contributed by atoms with E-state index in [9.17, 15) is 10.1 Å². The number of non-ortho nitro benzene ring substituents is 1. The summed E-state index contributed by atoms with van der Waals surface area (Å²) in [5, 5.41) is 13.8. The van der Waals surface area contributed by atoms with Crippen molar-refractivity contribution in [3.63, 3.8) is 0 Å². The van der Waals surface area contributed by atoms with Crippen molar-refractivity contribution >= 4 is 17.2 Å². The Morgan fingerprint density at radius 2 is 2.25 bits per heavy atom. The average Bonchev–Trinajstić information content (AvgIpc) is 2.88. The summed E-state index contributed by atoms with van der Waals surface area (Å²) in [6.45, 7) is 0.477. The molecule has 1 aromatic carbocycles. The molecule has 0 aliphatic heterocycles. The zero-order chi connectivity index (χ0) is 13.9. The second-order valence-corrected chi connectivity index (χ2v) is 4.22. The first-order valence-corrected chi connectivity index (χ1v) is 5.99. The van der Waals surface area contributed by atoms with E-state index < -0.39 is 4.92 Å². The molecule has 2 aromatic heterocycles. The molecule has 0 aliphatic carbocycles. The molecule has 0 saturated heterocycles. The first-order chi connectivity index (χ1) is 9.72. The van der Waals surface area contributed by atoms with E-state index >= 15 is 0 Å². The molecule has 20 heavy (non-hydrogen) atoms. The van der Waals surface area contributed by atoms with Crippen LogP contribution in [0.2, 0.25) is 0 Å². The van der Waals surface area contributed by atoms with E-state index in [0.717, 1.165) is 5.69 Å². The Balaban J connectivity index is 1.75. The van der Waals surface area contributed by atoms with Gasteiger partial charge >= 0.3 is 0 Å². The number of nitrogens with one attached hydrogen (secondary N) is 1. The lowest BCUT2D eigenvalue weighted by Gasteiger charge is -2.03. The summed E-state index contributed by atoms with van der Waals surface area (Å²) in [6.07, 6.45) is 5.42. The summed E-state index contributed by atoms with van der Waals surface area (Å²) in [6, 6.07) is 8.20. The maximum Gasteiger partial charge on any atom is 0.271 e. The maximum atomic E-state index is 10.7. The molecular formula is C13H11N5O2. The lowest BCUT2D eigenvalue weighted by atomic mass is 10.3. The fraction of sp³-hybridized carbons (Fsp3) is 0.0769. The van der Waals surface area contributed by atoms with Gasteiger partial charge in [0, 0.05) is 36.4 Å². The van der Waals surface area contributed by atoms with Crippen LogP contribution in [-0.4, -0.2) is 19.3 Å². The Kier molecular flexibility index (Phi) is 3.00. The van der Waals surface area contributed by atoms with E-state index in [1.54, 1.807) is 18.3 Å². The number of anilines is 1. The van der Waals surface area contributed by atoms with Crippen LogP contribution in [0.15, 0.2) is 48.9 Å². The molecule has 0 saturated carbocycles. The third-order valence-electron chi connectivity index (χ3n) is 2.82. The molecule has 3 aromatic rings. The molecule has 0 fully saturated rings. The van der Waals surface area contributed by atoms with Crippen molar-refractivity contribution in [2.45, 2.75) is 6.54 Å². The number of nitro groups is 1. The van der Waals surface area contributed by atoms with Crippen molar-refractivity contribution in [3.05, 3.63) is 64.7 Å². The first-order valence-electron chi connectivity index (χ1n) is 5.99. The number of hydrogen-bond donors (Lipinski definition) is 1. The van der Waals surface area contributed by atoms with Gasteiger partial charge in [0.05, 0.1) is 17.2 Å². The minimum absolute atomic E-state index is 0.0617. The van der Waals surface area contributed by atoms with Gasteiger partial charge < -0.3 is 5.32 Å². The standard InChI is InChI=1S/C13H11N5O2/c19-18(20)12-4-1-3-10(7-12)15-8-11-9-17-6-2-5-14-13(17)16-11/h1-7,9,15H,8H2. The molecule has 0 bridgehead atoms. The van der Waals surface area contributed by atoms with Gasteiger partial charge in [0.2, 0.25) is 5.78 Å². The number of fused-ring (bicyclic) bond motifs is 1. The van der Waals surface area contributed by atoms with Crippen LogP contribution in [0.25, 0.3) is 5.78 Å². The van der Waals surface area contributed by atoms with Gasteiger partial charge in [0.1, 0.15) is 0 Å². The van der Waals surface area contributed by atoms with Crippen molar-refractivity contribution in [1.82, 2.24) is 14.4 Å². The fourth-order valence-electron chi connectivity index (χ4n) is 1.89. The SMILES string of the molecule is O=[N+]([O-])c1cccc(NCc2cn3cccnc3n2)c1. The van der Waals surface area contributed by atoms with Crippen molar-refractivity contribution in [2.75, 3.05) is 5.32 Å². The third kappa shape index (κ3) is 2.41. The molecule has 0 amide bonds. The highest BCUT2D eigenvalue weighted by Crippen LogP contribution is 2.17. The highest BCUT2D eigenvalue weighted by Gasteiger charge is 2.06. The van der Waals surface area contributed by atoms with Crippen molar-refractivity contribution in [3.8, 4) is 0 Å². The van der Waals surface area contributed by atoms with Crippen LogP contribution in [0.5, 0.6) is 0 Å². The van der Waals surface area contributed by atoms with Crippen LogP contribution < -0.4 is 5.32 Å². The summed E-state index contributed by atoms with van der Waals surface area (Å²) in [4.78, 5) is 18.8. The minimum Gasteiger partial charge on any atom is -0.379 e. The highest BCUT2D eigenvalue weighted by atomic mass is 16.6. The Morgan fingerprint density at radius 3 is 3.05 bits per heavy atom. The van der Waals surface area contributed by atoms with E-state index in [2.05, 4.69) is 15.3 Å². The normalized spacial score (nSPS) is 10.6. The zero-order valence-electron chi connectivity index (χ0n) is 10.4. The number of nitrogens with zero attached hydrogens (tertiary/aromatic N) is 4. The van der Waals surface area contributed by atoms with Crippen molar-refractivity contribution in [2.24, 2.45) is 0 Å². The van der Waals surface area contributed by atoms with Gasteiger partial charge in [0.15, 0.2) is 0 Å². The molecule has 100 valence electrons. The van der Waals surface area contributed by atoms with Crippen molar-refractivity contribution < 1.29 is 4.92 Å². The first kappa shape index (κ1) is 12.1. The molecular weight excluding hydrogens is 258 g/mol. The lowest BCUT2D eigenvalue weighted by Crippen LogP contribution is -2.00. The van der Waals surface area contributed by atoms with Crippen LogP contribution in [0.3, 0.4) is 0 Å². The van der Waals surface area contributed by atoms with Gasteiger partial charge in [-0.2, -0.15) is 0 Å². The van der Waals surface area contributed by atoms with Crippen LogP contribution >= 0.6 is 0 Å². The molecule has 0 radical (unpaired) electrons. The molecule has 0 aliphatic rings. The maximum absolute atomic E-state index is 10.7. The fourth-order valence-corrected chi connectivity index (χ4v) is 1.89. The molecule has 0 atom stereocenters. The predicted octanol–water partition coefficient (Wildman–Crippen LogP) is 2.25. The van der Waals surface area contributed by atoms with Crippen LogP contribution in [0, 0.1) is 10.1 Å². The molecule has 7 nitrogen and oxygen atoms in total. The summed E-state index contributed by atoms with van der Waals surface area (Å²) >= 11 is 0. The summed E-state index contributed by atoms with van der Waals surface area (Å²) in [5.41, 5.74) is 1.56. The number of rotatable bonds is 4. The number of aromatic nitrogens is 3. The molecule has 2 heterocycles. The number of imidazole rings is 1. The van der Waals surface area contributed by atoms with Gasteiger partial charge in [0.25, 0.3) is 5.69 Å². The molecule has 3 rings (SSSR count). The Labute approximate surface area is 114 Å². The topological polar surface area (TPSA) is 85.4 Å². The summed E-state index contributed by atoms with van der Waals surface area (Å²) in [7, 11) is 0. The molecule has 7 heteroatoms. The largest absolute Gasteiger partial charge is 0.379 e. The zero-order valence-corrected chi connectivity index (χ0v) is 10.4. The second-order valence-electron chi connectivity index (χ2n) is 4.22. The van der Waals surface area contributed by atoms with E-state index in [1.807, 2.05) is 22.9 Å². The molecule has 0 spiro atoms. The van der Waals surface area contributed by atoms with Gasteiger partial charge in [-0.1, -0.05) is 6.07 Å². The second kappa shape index (κ2) is 4.96. The van der Waals surface area contributed by atoms with Crippen LogP contribution in [-0.2, 0) is 6.54 Å². The lowest BCUT2D eigenvalue weighted by molar-refractivity contribution is -0.384. The minimum atomic E-state index is -0.417. The number of benzene rings is 1.